The minimum atomic E-state index is 0.342. The Kier molecular flexibility index (Phi) is 3.43. The molecule has 1 aliphatic rings. The van der Waals surface area contributed by atoms with Crippen LogP contribution in [0.2, 0.25) is 0 Å². The summed E-state index contributed by atoms with van der Waals surface area (Å²) in [6.07, 6.45) is 10.4. The van der Waals surface area contributed by atoms with E-state index in [1.54, 1.807) is 12.4 Å². The molecule has 110 valence electrons. The Morgan fingerprint density at radius 3 is 2.36 bits per heavy atom. The van der Waals surface area contributed by atoms with E-state index >= 15 is 0 Å². The molecule has 0 amide bonds. The van der Waals surface area contributed by atoms with Crippen molar-refractivity contribution in [3.63, 3.8) is 0 Å². The van der Waals surface area contributed by atoms with Crippen LogP contribution in [0.25, 0.3) is 22.2 Å². The predicted octanol–water partition coefficient (Wildman–Crippen LogP) is 4.01. The van der Waals surface area contributed by atoms with Crippen LogP contribution in [-0.4, -0.2) is 21.1 Å². The summed E-state index contributed by atoms with van der Waals surface area (Å²) in [5, 5.41) is 0. The van der Waals surface area contributed by atoms with Crippen molar-refractivity contribution < 1.29 is 4.74 Å². The fraction of sp³-hybridized carbons (Fsp3) is 0.278. The van der Waals surface area contributed by atoms with Crippen LogP contribution in [0.3, 0.4) is 0 Å². The third-order valence-electron chi connectivity index (χ3n) is 4.13. The number of pyridine rings is 1. The van der Waals surface area contributed by atoms with Crippen molar-refractivity contribution in [3.8, 4) is 17.0 Å². The van der Waals surface area contributed by atoms with E-state index in [1.165, 1.54) is 12.8 Å². The first-order chi connectivity index (χ1) is 10.9. The van der Waals surface area contributed by atoms with Crippen LogP contribution in [0.4, 0.5) is 0 Å². The molecule has 0 N–H and O–H groups in total. The number of nitrogens with zero attached hydrogens (tertiary/aromatic N) is 3. The summed E-state index contributed by atoms with van der Waals surface area (Å²) >= 11 is 0. The van der Waals surface area contributed by atoms with Gasteiger partial charge in [-0.15, -0.1) is 0 Å². The molecule has 0 unspecified atom stereocenters. The largest absolute Gasteiger partial charge is 0.474 e. The Hall–Kier alpha value is -2.49. The van der Waals surface area contributed by atoms with Crippen LogP contribution in [0.5, 0.6) is 5.88 Å². The van der Waals surface area contributed by atoms with Crippen LogP contribution >= 0.6 is 0 Å². The second kappa shape index (κ2) is 5.72. The molecule has 4 heteroatoms. The minimum absolute atomic E-state index is 0.342. The molecule has 1 saturated carbocycles. The molecule has 0 atom stereocenters. The zero-order chi connectivity index (χ0) is 14.8. The standard InChI is InChI=1S/C18H17N3O/c1-2-4-15(3-1)22-18-8-6-14(12-21-18)13-5-7-16-17(11-13)20-10-9-19-16/h5-12,15H,1-4H2. The fourth-order valence-corrected chi connectivity index (χ4v) is 2.94. The quantitative estimate of drug-likeness (QED) is 0.731. The van der Waals surface area contributed by atoms with Crippen molar-refractivity contribution in [2.24, 2.45) is 0 Å². The first-order valence-corrected chi connectivity index (χ1v) is 7.72. The van der Waals surface area contributed by atoms with Gasteiger partial charge in [-0.3, -0.25) is 9.97 Å². The van der Waals surface area contributed by atoms with Crippen molar-refractivity contribution in [2.75, 3.05) is 0 Å². The van der Waals surface area contributed by atoms with Crippen molar-refractivity contribution >= 4 is 11.0 Å². The minimum Gasteiger partial charge on any atom is -0.474 e. The maximum absolute atomic E-state index is 5.90. The molecule has 3 aromatic rings. The average molecular weight is 291 g/mol. The molecule has 4 nitrogen and oxygen atoms in total. The second-order valence-electron chi connectivity index (χ2n) is 5.67. The fourth-order valence-electron chi connectivity index (χ4n) is 2.94. The highest BCUT2D eigenvalue weighted by molar-refractivity contribution is 5.80. The van der Waals surface area contributed by atoms with Gasteiger partial charge in [0.15, 0.2) is 0 Å². The summed E-state index contributed by atoms with van der Waals surface area (Å²) in [6.45, 7) is 0. The summed E-state index contributed by atoms with van der Waals surface area (Å²) in [4.78, 5) is 13.1. The van der Waals surface area contributed by atoms with Crippen molar-refractivity contribution in [1.29, 1.82) is 0 Å². The molecular formula is C18H17N3O. The second-order valence-corrected chi connectivity index (χ2v) is 5.67. The van der Waals surface area contributed by atoms with Crippen LogP contribution in [-0.2, 0) is 0 Å². The van der Waals surface area contributed by atoms with Gasteiger partial charge in [0.05, 0.1) is 11.0 Å². The number of ether oxygens (including phenoxy) is 1. The summed E-state index contributed by atoms with van der Waals surface area (Å²) in [5.41, 5.74) is 3.95. The van der Waals surface area contributed by atoms with Gasteiger partial charge in [0.2, 0.25) is 5.88 Å². The SMILES string of the molecule is c1cnc2cc(-c3ccc(OC4CCCC4)nc3)ccc2n1. The van der Waals surface area contributed by atoms with Gasteiger partial charge in [-0.05, 0) is 49.4 Å². The molecule has 0 spiro atoms. The molecule has 4 rings (SSSR count). The van der Waals surface area contributed by atoms with E-state index in [1.807, 2.05) is 30.5 Å². The Labute approximate surface area is 129 Å². The van der Waals surface area contributed by atoms with Crippen LogP contribution in [0, 0.1) is 0 Å². The van der Waals surface area contributed by atoms with Gasteiger partial charge in [0.1, 0.15) is 6.10 Å². The number of aromatic nitrogens is 3. The number of benzene rings is 1. The number of hydrogen-bond acceptors (Lipinski definition) is 4. The molecule has 1 fully saturated rings. The van der Waals surface area contributed by atoms with E-state index in [-0.39, 0.29) is 0 Å². The normalized spacial score (nSPS) is 15.3. The summed E-state index contributed by atoms with van der Waals surface area (Å²) < 4.78 is 5.90. The van der Waals surface area contributed by atoms with Crippen molar-refractivity contribution in [3.05, 3.63) is 48.9 Å². The summed E-state index contributed by atoms with van der Waals surface area (Å²) in [6, 6.07) is 10.1. The van der Waals surface area contributed by atoms with Gasteiger partial charge in [-0.1, -0.05) is 6.07 Å². The van der Waals surface area contributed by atoms with Crippen molar-refractivity contribution in [2.45, 2.75) is 31.8 Å². The lowest BCUT2D eigenvalue weighted by atomic mass is 10.1. The molecule has 0 bridgehead atoms. The summed E-state index contributed by atoms with van der Waals surface area (Å²) in [5.74, 6) is 0.719. The highest BCUT2D eigenvalue weighted by atomic mass is 16.5. The smallest absolute Gasteiger partial charge is 0.213 e. The Morgan fingerprint density at radius 2 is 1.59 bits per heavy atom. The van der Waals surface area contributed by atoms with Gasteiger partial charge >= 0.3 is 0 Å². The molecule has 2 aromatic heterocycles. The van der Waals surface area contributed by atoms with Gasteiger partial charge in [-0.2, -0.15) is 0 Å². The van der Waals surface area contributed by atoms with Gasteiger partial charge in [-0.25, -0.2) is 4.98 Å². The Morgan fingerprint density at radius 1 is 0.818 bits per heavy atom. The van der Waals surface area contributed by atoms with E-state index in [0.717, 1.165) is 40.9 Å². The molecule has 0 saturated heterocycles. The van der Waals surface area contributed by atoms with E-state index in [0.29, 0.717) is 6.10 Å². The topological polar surface area (TPSA) is 47.9 Å². The lowest BCUT2D eigenvalue weighted by molar-refractivity contribution is 0.201. The maximum atomic E-state index is 5.90. The van der Waals surface area contributed by atoms with E-state index in [9.17, 15) is 0 Å². The molecular weight excluding hydrogens is 274 g/mol. The zero-order valence-electron chi connectivity index (χ0n) is 12.3. The predicted molar refractivity (Wildman–Crippen MR) is 85.7 cm³/mol. The Bertz CT molecular complexity index is 780. The maximum Gasteiger partial charge on any atom is 0.213 e. The number of rotatable bonds is 3. The summed E-state index contributed by atoms with van der Waals surface area (Å²) in [7, 11) is 0. The van der Waals surface area contributed by atoms with E-state index in [2.05, 4.69) is 21.0 Å². The third kappa shape index (κ3) is 2.64. The van der Waals surface area contributed by atoms with Gasteiger partial charge in [0, 0.05) is 30.2 Å². The van der Waals surface area contributed by atoms with Crippen LogP contribution < -0.4 is 4.74 Å². The van der Waals surface area contributed by atoms with Crippen LogP contribution in [0.15, 0.2) is 48.9 Å². The number of hydrogen-bond donors (Lipinski definition) is 0. The lowest BCUT2D eigenvalue weighted by Gasteiger charge is -2.12. The van der Waals surface area contributed by atoms with Gasteiger partial charge in [0.25, 0.3) is 0 Å². The van der Waals surface area contributed by atoms with Crippen LogP contribution in [0.1, 0.15) is 25.7 Å². The first kappa shape index (κ1) is 13.2. The molecule has 1 aromatic carbocycles. The monoisotopic (exact) mass is 291 g/mol. The highest BCUT2D eigenvalue weighted by Gasteiger charge is 2.16. The molecule has 0 radical (unpaired) electrons. The van der Waals surface area contributed by atoms with E-state index in [4.69, 9.17) is 4.74 Å². The lowest BCUT2D eigenvalue weighted by Crippen LogP contribution is -2.11. The Balaban J connectivity index is 1.58. The highest BCUT2D eigenvalue weighted by Crippen LogP contribution is 2.26. The zero-order valence-corrected chi connectivity index (χ0v) is 12.3. The molecule has 2 heterocycles. The molecule has 22 heavy (non-hydrogen) atoms. The van der Waals surface area contributed by atoms with Gasteiger partial charge < -0.3 is 4.74 Å². The number of fused-ring (bicyclic) bond motifs is 1. The third-order valence-corrected chi connectivity index (χ3v) is 4.13. The molecule has 1 aliphatic carbocycles. The first-order valence-electron chi connectivity index (χ1n) is 7.72. The van der Waals surface area contributed by atoms with E-state index < -0.39 is 0 Å². The average Bonchev–Trinajstić information content (AvgIpc) is 3.08. The van der Waals surface area contributed by atoms with Crippen molar-refractivity contribution in [1.82, 2.24) is 15.0 Å². The molecule has 0 aliphatic heterocycles.